The Morgan fingerprint density at radius 3 is 2.65 bits per heavy atom. The lowest BCUT2D eigenvalue weighted by Crippen LogP contribution is -2.28. The fourth-order valence-corrected chi connectivity index (χ4v) is 1.64. The van der Waals surface area contributed by atoms with Gasteiger partial charge in [-0.1, -0.05) is 6.92 Å². The van der Waals surface area contributed by atoms with E-state index in [0.717, 1.165) is 43.9 Å². The average molecular weight is 240 g/mol. The maximum atomic E-state index is 13.1. The standard InChI is InChI=1S/C13H21FN2O/c1-3-15-8-9-16-7-6-11-10-12(14)4-5-13(11)17-2/h4-5,10,15-16H,3,6-9H2,1-2H3. The molecular weight excluding hydrogens is 219 g/mol. The van der Waals surface area contributed by atoms with Gasteiger partial charge >= 0.3 is 0 Å². The van der Waals surface area contributed by atoms with Crippen LogP contribution in [-0.4, -0.2) is 33.3 Å². The fourth-order valence-electron chi connectivity index (χ4n) is 1.64. The van der Waals surface area contributed by atoms with E-state index in [1.54, 1.807) is 13.2 Å². The van der Waals surface area contributed by atoms with Gasteiger partial charge in [-0.15, -0.1) is 0 Å². The molecule has 0 bridgehead atoms. The van der Waals surface area contributed by atoms with E-state index in [-0.39, 0.29) is 5.82 Å². The van der Waals surface area contributed by atoms with Gasteiger partial charge in [0.05, 0.1) is 7.11 Å². The first kappa shape index (κ1) is 13.9. The van der Waals surface area contributed by atoms with E-state index in [0.29, 0.717) is 0 Å². The molecule has 3 nitrogen and oxygen atoms in total. The molecular formula is C13H21FN2O. The van der Waals surface area contributed by atoms with Crippen LogP contribution in [0.4, 0.5) is 4.39 Å². The van der Waals surface area contributed by atoms with Crippen molar-refractivity contribution in [2.45, 2.75) is 13.3 Å². The van der Waals surface area contributed by atoms with E-state index >= 15 is 0 Å². The van der Waals surface area contributed by atoms with Gasteiger partial charge < -0.3 is 15.4 Å². The van der Waals surface area contributed by atoms with Crippen molar-refractivity contribution in [1.29, 1.82) is 0 Å². The molecule has 0 fully saturated rings. The van der Waals surface area contributed by atoms with Gasteiger partial charge in [-0.2, -0.15) is 0 Å². The van der Waals surface area contributed by atoms with Crippen LogP contribution < -0.4 is 15.4 Å². The monoisotopic (exact) mass is 240 g/mol. The number of hydrogen-bond acceptors (Lipinski definition) is 3. The zero-order chi connectivity index (χ0) is 12.5. The fraction of sp³-hybridized carbons (Fsp3) is 0.538. The Morgan fingerprint density at radius 2 is 1.94 bits per heavy atom. The third-order valence-electron chi connectivity index (χ3n) is 2.54. The van der Waals surface area contributed by atoms with Crippen molar-refractivity contribution in [3.05, 3.63) is 29.6 Å². The van der Waals surface area contributed by atoms with Gasteiger partial charge in [-0.05, 0) is 43.3 Å². The van der Waals surface area contributed by atoms with E-state index in [2.05, 4.69) is 17.6 Å². The van der Waals surface area contributed by atoms with Crippen LogP contribution in [0.3, 0.4) is 0 Å². The van der Waals surface area contributed by atoms with Crippen molar-refractivity contribution in [2.24, 2.45) is 0 Å². The van der Waals surface area contributed by atoms with Gasteiger partial charge in [-0.25, -0.2) is 4.39 Å². The quantitative estimate of drug-likeness (QED) is 0.677. The van der Waals surface area contributed by atoms with E-state index in [1.807, 2.05) is 0 Å². The molecule has 0 aliphatic rings. The molecule has 0 radical (unpaired) electrons. The Balaban J connectivity index is 2.32. The lowest BCUT2D eigenvalue weighted by Gasteiger charge is -2.09. The Kier molecular flexibility index (Phi) is 6.58. The van der Waals surface area contributed by atoms with Gasteiger partial charge in [0.25, 0.3) is 0 Å². The molecule has 0 spiro atoms. The summed E-state index contributed by atoms with van der Waals surface area (Å²) in [5.74, 6) is 0.535. The molecule has 0 unspecified atom stereocenters. The number of hydrogen-bond donors (Lipinski definition) is 2. The van der Waals surface area contributed by atoms with E-state index in [4.69, 9.17) is 4.74 Å². The van der Waals surface area contributed by atoms with Crippen LogP contribution in [-0.2, 0) is 6.42 Å². The van der Waals surface area contributed by atoms with Crippen molar-refractivity contribution in [2.75, 3.05) is 33.3 Å². The molecule has 4 heteroatoms. The third kappa shape index (κ3) is 5.15. The normalized spacial score (nSPS) is 10.5. The first-order valence-electron chi connectivity index (χ1n) is 6.01. The van der Waals surface area contributed by atoms with Gasteiger partial charge in [0.15, 0.2) is 0 Å². The first-order valence-corrected chi connectivity index (χ1v) is 6.01. The number of rotatable bonds is 8. The van der Waals surface area contributed by atoms with Crippen molar-refractivity contribution in [3.63, 3.8) is 0 Å². The molecule has 1 rings (SSSR count). The minimum atomic E-state index is -0.214. The number of methoxy groups -OCH3 is 1. The van der Waals surface area contributed by atoms with E-state index in [1.165, 1.54) is 12.1 Å². The highest BCUT2D eigenvalue weighted by Gasteiger charge is 2.03. The van der Waals surface area contributed by atoms with E-state index in [9.17, 15) is 4.39 Å². The lowest BCUT2D eigenvalue weighted by molar-refractivity contribution is 0.407. The van der Waals surface area contributed by atoms with Crippen LogP contribution in [0, 0.1) is 5.82 Å². The smallest absolute Gasteiger partial charge is 0.123 e. The summed E-state index contributed by atoms with van der Waals surface area (Å²) in [7, 11) is 1.61. The number of halogens is 1. The summed E-state index contributed by atoms with van der Waals surface area (Å²) in [6.07, 6.45) is 0.771. The molecule has 0 saturated heterocycles. The summed E-state index contributed by atoms with van der Waals surface area (Å²) < 4.78 is 18.3. The lowest BCUT2D eigenvalue weighted by atomic mass is 10.1. The summed E-state index contributed by atoms with van der Waals surface area (Å²) in [5.41, 5.74) is 0.906. The molecule has 0 aliphatic heterocycles. The van der Waals surface area contributed by atoms with Crippen molar-refractivity contribution < 1.29 is 9.13 Å². The molecule has 0 aromatic heterocycles. The predicted molar refractivity (Wildman–Crippen MR) is 68.1 cm³/mol. The largest absolute Gasteiger partial charge is 0.496 e. The van der Waals surface area contributed by atoms with Gasteiger partial charge in [-0.3, -0.25) is 0 Å². The molecule has 96 valence electrons. The molecule has 0 atom stereocenters. The predicted octanol–water partition coefficient (Wildman–Crippen LogP) is 1.58. The maximum absolute atomic E-state index is 13.1. The second-order valence-corrected chi connectivity index (χ2v) is 3.81. The number of nitrogens with one attached hydrogen (secondary N) is 2. The molecule has 17 heavy (non-hydrogen) atoms. The summed E-state index contributed by atoms with van der Waals surface area (Å²) >= 11 is 0. The molecule has 1 aromatic carbocycles. The minimum Gasteiger partial charge on any atom is -0.496 e. The van der Waals surface area contributed by atoms with Gasteiger partial charge in [0.1, 0.15) is 11.6 Å². The first-order chi connectivity index (χ1) is 8.27. The highest BCUT2D eigenvalue weighted by atomic mass is 19.1. The third-order valence-corrected chi connectivity index (χ3v) is 2.54. The molecule has 0 saturated carbocycles. The Labute approximate surface area is 102 Å². The Bertz CT molecular complexity index is 331. The van der Waals surface area contributed by atoms with Gasteiger partial charge in [0.2, 0.25) is 0 Å². The molecule has 0 aliphatic carbocycles. The summed E-state index contributed by atoms with van der Waals surface area (Å²) in [5, 5.41) is 6.53. The van der Waals surface area contributed by atoms with Gasteiger partial charge in [0, 0.05) is 13.1 Å². The maximum Gasteiger partial charge on any atom is 0.123 e. The van der Waals surface area contributed by atoms with Crippen LogP contribution in [0.15, 0.2) is 18.2 Å². The zero-order valence-corrected chi connectivity index (χ0v) is 10.6. The Hall–Kier alpha value is -1.13. The molecule has 0 heterocycles. The van der Waals surface area contributed by atoms with Crippen LogP contribution in [0.5, 0.6) is 5.75 Å². The van der Waals surface area contributed by atoms with Crippen LogP contribution in [0.1, 0.15) is 12.5 Å². The number of likely N-dealkylation sites (N-methyl/N-ethyl adjacent to an activating group) is 1. The molecule has 0 amide bonds. The number of benzene rings is 1. The van der Waals surface area contributed by atoms with Crippen molar-refractivity contribution in [1.82, 2.24) is 10.6 Å². The second kappa shape index (κ2) is 8.03. The van der Waals surface area contributed by atoms with Crippen LogP contribution >= 0.6 is 0 Å². The summed E-state index contributed by atoms with van der Waals surface area (Å²) in [6, 6.07) is 4.62. The zero-order valence-electron chi connectivity index (χ0n) is 10.6. The SMILES string of the molecule is CCNCCNCCc1cc(F)ccc1OC. The highest BCUT2D eigenvalue weighted by Crippen LogP contribution is 2.19. The Morgan fingerprint density at radius 1 is 1.18 bits per heavy atom. The second-order valence-electron chi connectivity index (χ2n) is 3.81. The van der Waals surface area contributed by atoms with Crippen LogP contribution in [0.2, 0.25) is 0 Å². The van der Waals surface area contributed by atoms with Crippen molar-refractivity contribution in [3.8, 4) is 5.75 Å². The average Bonchev–Trinajstić information content (AvgIpc) is 2.34. The molecule has 2 N–H and O–H groups in total. The van der Waals surface area contributed by atoms with Crippen LogP contribution in [0.25, 0.3) is 0 Å². The summed E-state index contributed by atoms with van der Waals surface area (Å²) in [6.45, 7) is 5.77. The number of ether oxygens (including phenoxy) is 1. The molecule has 1 aromatic rings. The summed E-state index contributed by atoms with van der Waals surface area (Å²) in [4.78, 5) is 0. The van der Waals surface area contributed by atoms with E-state index < -0.39 is 0 Å². The highest BCUT2D eigenvalue weighted by molar-refractivity contribution is 5.34. The minimum absolute atomic E-state index is 0.214. The topological polar surface area (TPSA) is 33.3 Å². The van der Waals surface area contributed by atoms with Crippen molar-refractivity contribution >= 4 is 0 Å².